The van der Waals surface area contributed by atoms with E-state index in [9.17, 15) is 31.1 Å². The van der Waals surface area contributed by atoms with Gasteiger partial charge in [0, 0.05) is 6.08 Å². The molecule has 0 aliphatic rings. The van der Waals surface area contributed by atoms with E-state index in [4.69, 9.17) is 0 Å². The molecule has 0 aromatic heterocycles. The van der Waals surface area contributed by atoms with E-state index in [2.05, 4.69) is 11.3 Å². The Labute approximate surface area is 86.9 Å². The van der Waals surface area contributed by atoms with Crippen LogP contribution in [0, 0.1) is 5.41 Å². The highest BCUT2D eigenvalue weighted by atomic mass is 19.4. The largest absolute Gasteiger partial charge is 0.416 e. The van der Waals surface area contributed by atoms with Gasteiger partial charge in [-0.05, 0) is 6.92 Å². The summed E-state index contributed by atoms with van der Waals surface area (Å²) in [5, 5.41) is 0. The predicted octanol–water partition coefficient (Wildman–Crippen LogP) is 2.85. The summed E-state index contributed by atoms with van der Waals surface area (Å²) < 4.78 is 78.0. The zero-order valence-corrected chi connectivity index (χ0v) is 8.08. The van der Waals surface area contributed by atoms with Gasteiger partial charge in [-0.25, -0.2) is 9.18 Å². The lowest BCUT2D eigenvalue weighted by Crippen LogP contribution is -2.53. The fourth-order valence-electron chi connectivity index (χ4n) is 0.599. The molecule has 0 spiro atoms. The molecular formula is C8H8F6O2. The van der Waals surface area contributed by atoms with Crippen molar-refractivity contribution in [3.63, 3.8) is 0 Å². The Morgan fingerprint density at radius 1 is 1.31 bits per heavy atom. The lowest BCUT2D eigenvalue weighted by molar-refractivity contribution is -0.366. The van der Waals surface area contributed by atoms with Crippen molar-refractivity contribution >= 4 is 5.97 Å². The lowest BCUT2D eigenvalue weighted by atomic mass is 9.90. The van der Waals surface area contributed by atoms with Crippen molar-refractivity contribution in [1.82, 2.24) is 0 Å². The van der Waals surface area contributed by atoms with Gasteiger partial charge in [-0.2, -0.15) is 22.0 Å². The fourth-order valence-corrected chi connectivity index (χ4v) is 0.599. The molecule has 2 nitrogen and oxygen atoms in total. The molecule has 0 radical (unpaired) electrons. The Kier molecular flexibility index (Phi) is 4.01. The Morgan fingerprint density at radius 2 is 1.75 bits per heavy atom. The number of alkyl halides is 6. The third kappa shape index (κ3) is 2.48. The molecule has 0 aliphatic carbocycles. The highest BCUT2D eigenvalue weighted by molar-refractivity contribution is 5.81. The van der Waals surface area contributed by atoms with E-state index in [1.54, 1.807) is 0 Å². The van der Waals surface area contributed by atoms with Crippen LogP contribution in [0.5, 0.6) is 0 Å². The standard InChI is InChI=1S/C8H8F6O2/c1-3-5(15)16-8(13,14)6(2,4-9)7(10,11)12/h3H,1,4H2,2H3. The van der Waals surface area contributed by atoms with Crippen LogP contribution in [0.25, 0.3) is 0 Å². The molecule has 0 aromatic carbocycles. The molecule has 0 amide bonds. The van der Waals surface area contributed by atoms with Gasteiger partial charge >= 0.3 is 18.3 Å². The molecule has 16 heavy (non-hydrogen) atoms. The summed E-state index contributed by atoms with van der Waals surface area (Å²) in [6.45, 7) is 0.229. The van der Waals surface area contributed by atoms with Crippen molar-refractivity contribution in [3.8, 4) is 0 Å². The van der Waals surface area contributed by atoms with E-state index in [0.717, 1.165) is 0 Å². The molecule has 0 aliphatic heterocycles. The number of rotatable bonds is 4. The van der Waals surface area contributed by atoms with Gasteiger partial charge in [0.1, 0.15) is 6.67 Å². The van der Waals surface area contributed by atoms with E-state index >= 15 is 0 Å². The summed E-state index contributed by atoms with van der Waals surface area (Å²) in [6.07, 6.45) is -10.3. The summed E-state index contributed by atoms with van der Waals surface area (Å²) in [7, 11) is 0. The van der Waals surface area contributed by atoms with Crippen LogP contribution in [0.2, 0.25) is 0 Å². The van der Waals surface area contributed by atoms with E-state index in [-0.39, 0.29) is 13.0 Å². The van der Waals surface area contributed by atoms with Crippen molar-refractivity contribution in [2.75, 3.05) is 6.67 Å². The first-order valence-electron chi connectivity index (χ1n) is 3.88. The zero-order valence-electron chi connectivity index (χ0n) is 8.08. The third-order valence-corrected chi connectivity index (χ3v) is 1.93. The molecule has 0 rings (SSSR count). The maximum absolute atomic E-state index is 13.0. The van der Waals surface area contributed by atoms with Gasteiger partial charge in [-0.15, -0.1) is 0 Å². The van der Waals surface area contributed by atoms with Crippen LogP contribution < -0.4 is 0 Å². The number of hydrogen-bond donors (Lipinski definition) is 0. The summed E-state index contributed by atoms with van der Waals surface area (Å²) in [5.41, 5.74) is -4.08. The summed E-state index contributed by atoms with van der Waals surface area (Å²) in [5.74, 6) is -1.77. The summed E-state index contributed by atoms with van der Waals surface area (Å²) in [6, 6.07) is 0. The normalized spacial score (nSPS) is 16.4. The van der Waals surface area contributed by atoms with Gasteiger partial charge in [-0.1, -0.05) is 6.58 Å². The first-order chi connectivity index (χ1) is 7.02. The molecule has 94 valence electrons. The maximum Gasteiger partial charge on any atom is 0.416 e. The molecule has 0 N–H and O–H groups in total. The van der Waals surface area contributed by atoms with Crippen LogP contribution in [0.3, 0.4) is 0 Å². The fraction of sp³-hybridized carbons (Fsp3) is 0.625. The minimum atomic E-state index is -5.56. The highest BCUT2D eigenvalue weighted by Gasteiger charge is 2.69. The maximum atomic E-state index is 13.0. The van der Waals surface area contributed by atoms with Gasteiger partial charge < -0.3 is 4.74 Å². The second kappa shape index (κ2) is 4.34. The molecule has 0 saturated carbocycles. The molecule has 0 aromatic rings. The lowest BCUT2D eigenvalue weighted by Gasteiger charge is -2.34. The predicted molar refractivity (Wildman–Crippen MR) is 41.4 cm³/mol. The van der Waals surface area contributed by atoms with Crippen molar-refractivity contribution < 1.29 is 35.9 Å². The SMILES string of the molecule is C=CC(=O)OC(F)(F)C(C)(CF)C(F)(F)F. The topological polar surface area (TPSA) is 26.3 Å². The van der Waals surface area contributed by atoms with Crippen molar-refractivity contribution in [1.29, 1.82) is 0 Å². The van der Waals surface area contributed by atoms with Crippen LogP contribution in [0.15, 0.2) is 12.7 Å². The van der Waals surface area contributed by atoms with Gasteiger partial charge in [0.05, 0.1) is 0 Å². The average molecular weight is 250 g/mol. The quantitative estimate of drug-likeness (QED) is 0.435. The van der Waals surface area contributed by atoms with E-state index in [0.29, 0.717) is 0 Å². The minimum Gasteiger partial charge on any atom is -0.397 e. The Morgan fingerprint density at radius 3 is 2.00 bits per heavy atom. The molecule has 0 fully saturated rings. The van der Waals surface area contributed by atoms with Crippen LogP contribution in [-0.2, 0) is 9.53 Å². The molecule has 1 unspecified atom stereocenters. The van der Waals surface area contributed by atoms with Crippen LogP contribution in [0.1, 0.15) is 6.92 Å². The number of carbonyl (C=O) groups is 1. The number of halogens is 6. The van der Waals surface area contributed by atoms with E-state index in [1.165, 1.54) is 0 Å². The minimum absolute atomic E-state index is 0.0800. The van der Waals surface area contributed by atoms with Crippen molar-refractivity contribution in [2.24, 2.45) is 5.41 Å². The number of ether oxygens (including phenoxy) is 1. The van der Waals surface area contributed by atoms with Crippen molar-refractivity contribution in [2.45, 2.75) is 19.2 Å². The van der Waals surface area contributed by atoms with Crippen LogP contribution in [0.4, 0.5) is 26.3 Å². The number of esters is 1. The number of carbonyl (C=O) groups excluding carboxylic acids is 1. The smallest absolute Gasteiger partial charge is 0.397 e. The first-order valence-corrected chi connectivity index (χ1v) is 3.88. The third-order valence-electron chi connectivity index (χ3n) is 1.93. The highest BCUT2D eigenvalue weighted by Crippen LogP contribution is 2.50. The molecular weight excluding hydrogens is 242 g/mol. The number of hydrogen-bond acceptors (Lipinski definition) is 2. The second-order valence-corrected chi connectivity index (χ2v) is 3.11. The van der Waals surface area contributed by atoms with E-state index in [1.807, 2.05) is 0 Å². The van der Waals surface area contributed by atoms with Gasteiger partial charge in [0.15, 0.2) is 5.41 Å². The molecule has 0 heterocycles. The summed E-state index contributed by atoms with van der Waals surface area (Å²) in [4.78, 5) is 10.4. The van der Waals surface area contributed by atoms with Crippen LogP contribution in [-0.4, -0.2) is 24.9 Å². The Balaban J connectivity index is 5.22. The Hall–Kier alpha value is -1.21. The van der Waals surface area contributed by atoms with Gasteiger partial charge in [0.25, 0.3) is 0 Å². The molecule has 0 bridgehead atoms. The Bertz CT molecular complexity index is 285. The van der Waals surface area contributed by atoms with E-state index < -0.39 is 30.3 Å². The molecule has 1 atom stereocenters. The summed E-state index contributed by atoms with van der Waals surface area (Å²) >= 11 is 0. The molecule has 0 saturated heterocycles. The van der Waals surface area contributed by atoms with Gasteiger partial charge in [0.2, 0.25) is 0 Å². The second-order valence-electron chi connectivity index (χ2n) is 3.11. The molecule has 8 heteroatoms. The zero-order chi connectivity index (χ0) is 13.2. The van der Waals surface area contributed by atoms with Gasteiger partial charge in [-0.3, -0.25) is 0 Å². The van der Waals surface area contributed by atoms with Crippen LogP contribution >= 0.6 is 0 Å². The average Bonchev–Trinajstić information content (AvgIpc) is 2.13. The van der Waals surface area contributed by atoms with Crippen molar-refractivity contribution in [3.05, 3.63) is 12.7 Å². The monoisotopic (exact) mass is 250 g/mol. The first kappa shape index (κ1) is 14.8.